The Labute approximate surface area is 160 Å². The number of ether oxygens (including phenoxy) is 1. The molecule has 0 saturated heterocycles. The number of aromatic nitrogens is 3. The van der Waals surface area contributed by atoms with Gasteiger partial charge in [-0.05, 0) is 18.2 Å². The summed E-state index contributed by atoms with van der Waals surface area (Å²) >= 11 is 7.61. The van der Waals surface area contributed by atoms with Gasteiger partial charge in [0.2, 0.25) is 11.0 Å². The van der Waals surface area contributed by atoms with E-state index < -0.39 is 6.23 Å². The molecule has 5 nitrogen and oxygen atoms in total. The Morgan fingerprint density at radius 2 is 2.08 bits per heavy atom. The normalized spacial score (nSPS) is 15.0. The fourth-order valence-electron chi connectivity index (χ4n) is 2.66. The van der Waals surface area contributed by atoms with Crippen molar-refractivity contribution >= 4 is 29.1 Å². The zero-order chi connectivity index (χ0) is 17.9. The molecule has 2 heterocycles. The molecule has 0 radical (unpaired) electrons. The lowest BCUT2D eigenvalue weighted by Gasteiger charge is -2.19. The van der Waals surface area contributed by atoms with Crippen LogP contribution in [0.15, 0.2) is 66.3 Å². The molecule has 0 unspecified atom stereocenters. The molecule has 1 aliphatic heterocycles. The summed E-state index contributed by atoms with van der Waals surface area (Å²) in [5.41, 5.74) is 3.31. The zero-order valence-corrected chi connectivity index (χ0v) is 15.3. The van der Waals surface area contributed by atoms with E-state index >= 15 is 0 Å². The standard InChI is InChI=1S/C19H15ClN4OS/c1-2-10-26-19-22-18-16(23-24-19)14-8-3-4-9-15(14)21-17(25-18)12-6-5-7-13(20)11-12/h2-9,11,17,21H,1,10H2/t17-/m0/s1. The summed E-state index contributed by atoms with van der Waals surface area (Å²) in [4.78, 5) is 4.55. The van der Waals surface area contributed by atoms with Crippen LogP contribution in [0.4, 0.5) is 5.69 Å². The van der Waals surface area contributed by atoms with Gasteiger partial charge < -0.3 is 10.1 Å². The second-order valence-electron chi connectivity index (χ2n) is 5.59. The number of halogens is 1. The number of benzene rings is 2. The van der Waals surface area contributed by atoms with Gasteiger partial charge in [0.25, 0.3) is 0 Å². The topological polar surface area (TPSA) is 59.9 Å². The Morgan fingerprint density at radius 3 is 2.92 bits per heavy atom. The van der Waals surface area contributed by atoms with Crippen LogP contribution in [0.5, 0.6) is 5.88 Å². The maximum absolute atomic E-state index is 6.18. The monoisotopic (exact) mass is 382 g/mol. The predicted molar refractivity (Wildman–Crippen MR) is 105 cm³/mol. The van der Waals surface area contributed by atoms with Gasteiger partial charge in [-0.2, -0.15) is 4.98 Å². The highest BCUT2D eigenvalue weighted by molar-refractivity contribution is 7.99. The maximum Gasteiger partial charge on any atom is 0.247 e. The Bertz CT molecular complexity index is 966. The van der Waals surface area contributed by atoms with Crippen molar-refractivity contribution in [2.75, 3.05) is 11.1 Å². The van der Waals surface area contributed by atoms with Gasteiger partial charge >= 0.3 is 0 Å². The molecular formula is C19H15ClN4OS. The molecular weight excluding hydrogens is 368 g/mol. The van der Waals surface area contributed by atoms with Crippen LogP contribution in [0.1, 0.15) is 11.8 Å². The first-order chi connectivity index (χ1) is 12.7. The van der Waals surface area contributed by atoms with Crippen LogP contribution < -0.4 is 10.1 Å². The Morgan fingerprint density at radius 1 is 1.19 bits per heavy atom. The lowest BCUT2D eigenvalue weighted by atomic mass is 10.1. The molecule has 1 N–H and O–H groups in total. The SMILES string of the molecule is C=CCSc1nnc2c(n1)O[C@@H](c1cccc(Cl)c1)Nc1ccccc1-2. The van der Waals surface area contributed by atoms with Gasteiger partial charge in [0.1, 0.15) is 0 Å². The van der Waals surface area contributed by atoms with Crippen molar-refractivity contribution in [1.29, 1.82) is 0 Å². The van der Waals surface area contributed by atoms with E-state index in [2.05, 4.69) is 27.1 Å². The van der Waals surface area contributed by atoms with E-state index in [0.29, 0.717) is 27.5 Å². The smallest absolute Gasteiger partial charge is 0.247 e. The van der Waals surface area contributed by atoms with E-state index in [-0.39, 0.29) is 0 Å². The minimum Gasteiger partial charge on any atom is -0.448 e. The lowest BCUT2D eigenvalue weighted by Crippen LogP contribution is -2.17. The van der Waals surface area contributed by atoms with Crippen molar-refractivity contribution in [2.45, 2.75) is 11.4 Å². The molecule has 0 amide bonds. The molecule has 0 saturated carbocycles. The van der Waals surface area contributed by atoms with Gasteiger partial charge in [0.15, 0.2) is 11.9 Å². The Balaban J connectivity index is 1.80. The molecule has 2 aromatic carbocycles. The average molecular weight is 383 g/mol. The van der Waals surface area contributed by atoms with Gasteiger partial charge in [-0.15, -0.1) is 16.8 Å². The van der Waals surface area contributed by atoms with Crippen LogP contribution in [-0.2, 0) is 0 Å². The predicted octanol–water partition coefficient (Wildman–Crippen LogP) is 4.97. The van der Waals surface area contributed by atoms with Crippen molar-refractivity contribution in [1.82, 2.24) is 15.2 Å². The van der Waals surface area contributed by atoms with E-state index in [0.717, 1.165) is 16.8 Å². The summed E-state index contributed by atoms with van der Waals surface area (Å²) in [6.45, 7) is 3.72. The molecule has 1 atom stereocenters. The van der Waals surface area contributed by atoms with Gasteiger partial charge in [-0.3, -0.25) is 0 Å². The number of fused-ring (bicyclic) bond motifs is 3. The van der Waals surface area contributed by atoms with Gasteiger partial charge in [0, 0.05) is 27.6 Å². The van der Waals surface area contributed by atoms with Crippen molar-refractivity contribution < 1.29 is 4.74 Å². The number of para-hydroxylation sites is 1. The molecule has 0 spiro atoms. The molecule has 0 fully saturated rings. The van der Waals surface area contributed by atoms with E-state index in [1.165, 1.54) is 11.8 Å². The third-order valence-electron chi connectivity index (χ3n) is 3.82. The van der Waals surface area contributed by atoms with Crippen LogP contribution in [0, 0.1) is 0 Å². The second-order valence-corrected chi connectivity index (χ2v) is 7.01. The van der Waals surface area contributed by atoms with E-state index in [1.54, 1.807) is 6.08 Å². The third kappa shape index (κ3) is 3.38. The number of anilines is 1. The number of nitrogens with zero attached hydrogens (tertiary/aromatic N) is 3. The summed E-state index contributed by atoms with van der Waals surface area (Å²) < 4.78 is 6.18. The Kier molecular flexibility index (Phi) is 4.77. The fourth-order valence-corrected chi connectivity index (χ4v) is 3.37. The molecule has 0 aliphatic carbocycles. The fraction of sp³-hybridized carbons (Fsp3) is 0.105. The minimum absolute atomic E-state index is 0.439. The van der Waals surface area contributed by atoms with E-state index in [1.807, 2.05) is 48.5 Å². The van der Waals surface area contributed by atoms with Crippen molar-refractivity contribution in [3.05, 3.63) is 71.8 Å². The van der Waals surface area contributed by atoms with Gasteiger partial charge in [-0.25, -0.2) is 0 Å². The number of hydrogen-bond acceptors (Lipinski definition) is 6. The molecule has 130 valence electrons. The number of nitrogens with one attached hydrogen (secondary N) is 1. The second kappa shape index (κ2) is 7.35. The quantitative estimate of drug-likeness (QED) is 0.507. The average Bonchev–Trinajstić information content (AvgIpc) is 2.83. The molecule has 1 aliphatic rings. The highest BCUT2D eigenvalue weighted by Gasteiger charge is 2.26. The molecule has 1 aromatic heterocycles. The summed E-state index contributed by atoms with van der Waals surface area (Å²) in [6.07, 6.45) is 1.36. The zero-order valence-electron chi connectivity index (χ0n) is 13.7. The maximum atomic E-state index is 6.18. The molecule has 7 heteroatoms. The van der Waals surface area contributed by atoms with Crippen LogP contribution in [0.3, 0.4) is 0 Å². The van der Waals surface area contributed by atoms with Crippen LogP contribution in [0.2, 0.25) is 5.02 Å². The van der Waals surface area contributed by atoms with Gasteiger partial charge in [0.05, 0.1) is 0 Å². The minimum atomic E-state index is -0.440. The van der Waals surface area contributed by atoms with Crippen molar-refractivity contribution in [2.24, 2.45) is 0 Å². The van der Waals surface area contributed by atoms with Crippen LogP contribution >= 0.6 is 23.4 Å². The first-order valence-corrected chi connectivity index (χ1v) is 9.37. The first-order valence-electron chi connectivity index (χ1n) is 8.01. The molecule has 4 rings (SSSR count). The number of hydrogen-bond donors (Lipinski definition) is 1. The van der Waals surface area contributed by atoms with Crippen LogP contribution in [0.25, 0.3) is 11.3 Å². The largest absolute Gasteiger partial charge is 0.448 e. The number of rotatable bonds is 4. The number of thioether (sulfide) groups is 1. The highest BCUT2D eigenvalue weighted by Crippen LogP contribution is 2.39. The molecule has 3 aromatic rings. The first kappa shape index (κ1) is 16.9. The summed E-state index contributed by atoms with van der Waals surface area (Å²) in [6, 6.07) is 15.4. The summed E-state index contributed by atoms with van der Waals surface area (Å²) in [7, 11) is 0. The van der Waals surface area contributed by atoms with Crippen molar-refractivity contribution in [3.8, 4) is 17.1 Å². The van der Waals surface area contributed by atoms with Crippen LogP contribution in [-0.4, -0.2) is 20.9 Å². The van der Waals surface area contributed by atoms with E-state index in [9.17, 15) is 0 Å². The molecule has 0 bridgehead atoms. The Hall–Kier alpha value is -2.57. The van der Waals surface area contributed by atoms with Gasteiger partial charge in [-0.1, -0.05) is 59.8 Å². The highest BCUT2D eigenvalue weighted by atomic mass is 35.5. The third-order valence-corrected chi connectivity index (χ3v) is 4.88. The van der Waals surface area contributed by atoms with E-state index in [4.69, 9.17) is 16.3 Å². The lowest BCUT2D eigenvalue weighted by molar-refractivity contribution is 0.225. The summed E-state index contributed by atoms with van der Waals surface area (Å²) in [5, 5.41) is 13.2. The van der Waals surface area contributed by atoms with Crippen molar-refractivity contribution in [3.63, 3.8) is 0 Å². The summed E-state index contributed by atoms with van der Waals surface area (Å²) in [5.74, 6) is 1.14. The molecule has 26 heavy (non-hydrogen) atoms.